The van der Waals surface area contributed by atoms with Crippen LogP contribution in [0.2, 0.25) is 5.02 Å². The first-order chi connectivity index (χ1) is 23.9. The van der Waals surface area contributed by atoms with E-state index in [9.17, 15) is 14.4 Å². The fraction of sp³-hybridized carbons (Fsp3) is 0.194. The molecule has 3 aromatic heterocycles. The summed E-state index contributed by atoms with van der Waals surface area (Å²) in [5, 5.41) is 1.28. The highest BCUT2D eigenvalue weighted by atomic mass is 35.5. The van der Waals surface area contributed by atoms with Crippen molar-refractivity contribution >= 4 is 51.5 Å². The molecule has 11 nitrogen and oxygen atoms in total. The van der Waals surface area contributed by atoms with E-state index in [1.165, 1.54) is 28.4 Å². The first kappa shape index (κ1) is 31.0. The molecule has 0 saturated carbocycles. The molecule has 5 heterocycles. The van der Waals surface area contributed by atoms with E-state index >= 15 is 0 Å². The molecule has 246 valence electrons. The summed E-state index contributed by atoms with van der Waals surface area (Å²) in [5.74, 6) is 1.30. The topological polar surface area (TPSA) is 111 Å². The zero-order chi connectivity index (χ0) is 33.5. The van der Waals surface area contributed by atoms with Gasteiger partial charge in [-0.15, -0.1) is 0 Å². The molecule has 13 heteroatoms. The number of piperazine rings is 1. The van der Waals surface area contributed by atoms with Crippen molar-refractivity contribution in [2.45, 2.75) is 17.5 Å². The number of hydrogen-bond acceptors (Lipinski definition) is 9. The SMILES string of the molecule is O=C(c1ccc(Cn2c(SCc3cc(=O)n4cc(Cl)ccc4n3)nc3cc4c(cc3c2=O)OCO4)cc1)N1CCN(c2ccccc2)CC1. The summed E-state index contributed by atoms with van der Waals surface area (Å²) >= 11 is 7.37. The molecule has 8 rings (SSSR count). The second-order valence-electron chi connectivity index (χ2n) is 11.8. The van der Waals surface area contributed by atoms with Gasteiger partial charge in [0, 0.05) is 61.5 Å². The quantitative estimate of drug-likeness (QED) is 0.167. The van der Waals surface area contributed by atoms with Gasteiger partial charge in [0.25, 0.3) is 17.0 Å². The van der Waals surface area contributed by atoms with Gasteiger partial charge in [-0.05, 0) is 48.0 Å². The van der Waals surface area contributed by atoms with Crippen molar-refractivity contribution in [1.82, 2.24) is 23.8 Å². The van der Waals surface area contributed by atoms with Crippen LogP contribution in [0.25, 0.3) is 16.6 Å². The maximum absolute atomic E-state index is 14.0. The smallest absolute Gasteiger partial charge is 0.262 e. The van der Waals surface area contributed by atoms with Gasteiger partial charge in [0.1, 0.15) is 5.65 Å². The number of thioether (sulfide) groups is 1. The van der Waals surface area contributed by atoms with Gasteiger partial charge in [0.2, 0.25) is 6.79 Å². The van der Waals surface area contributed by atoms with Gasteiger partial charge in [-0.2, -0.15) is 0 Å². The number of halogens is 1. The van der Waals surface area contributed by atoms with E-state index in [1.54, 1.807) is 28.8 Å². The van der Waals surface area contributed by atoms with Crippen LogP contribution in [0.5, 0.6) is 11.5 Å². The van der Waals surface area contributed by atoms with E-state index in [4.69, 9.17) is 26.1 Å². The van der Waals surface area contributed by atoms with Crippen molar-refractivity contribution < 1.29 is 14.3 Å². The molecule has 0 unspecified atom stereocenters. The molecule has 49 heavy (non-hydrogen) atoms. The Morgan fingerprint density at radius 3 is 2.39 bits per heavy atom. The highest BCUT2D eigenvalue weighted by Crippen LogP contribution is 2.35. The number of nitrogens with zero attached hydrogens (tertiary/aromatic N) is 6. The lowest BCUT2D eigenvalue weighted by Crippen LogP contribution is -2.48. The van der Waals surface area contributed by atoms with Crippen molar-refractivity contribution in [2.24, 2.45) is 0 Å². The third-order valence-electron chi connectivity index (χ3n) is 8.67. The third-order valence-corrected chi connectivity index (χ3v) is 9.90. The average Bonchev–Trinajstić information content (AvgIpc) is 3.60. The number of hydrogen-bond donors (Lipinski definition) is 0. The predicted molar refractivity (Wildman–Crippen MR) is 188 cm³/mol. The average molecular weight is 693 g/mol. The minimum absolute atomic E-state index is 0.0165. The molecule has 0 spiro atoms. The minimum atomic E-state index is -0.257. The number of anilines is 1. The third kappa shape index (κ3) is 6.20. The number of para-hydroxylation sites is 1. The molecular formula is C36H29ClN6O5S. The largest absolute Gasteiger partial charge is 0.454 e. The van der Waals surface area contributed by atoms with E-state index in [2.05, 4.69) is 22.0 Å². The predicted octanol–water partition coefficient (Wildman–Crippen LogP) is 5.09. The van der Waals surface area contributed by atoms with Crippen LogP contribution >= 0.6 is 23.4 Å². The molecule has 0 atom stereocenters. The summed E-state index contributed by atoms with van der Waals surface area (Å²) in [5.41, 5.74) is 3.56. The Labute approximate surface area is 289 Å². The van der Waals surface area contributed by atoms with E-state index in [-0.39, 0.29) is 30.4 Å². The number of ether oxygens (including phenoxy) is 2. The van der Waals surface area contributed by atoms with Gasteiger partial charge >= 0.3 is 0 Å². The summed E-state index contributed by atoms with van der Waals surface area (Å²) in [6.07, 6.45) is 1.53. The maximum Gasteiger partial charge on any atom is 0.262 e. The minimum Gasteiger partial charge on any atom is -0.454 e. The Morgan fingerprint density at radius 1 is 0.857 bits per heavy atom. The second kappa shape index (κ2) is 12.9. The monoisotopic (exact) mass is 692 g/mol. The van der Waals surface area contributed by atoms with Crippen LogP contribution in [0, 0.1) is 0 Å². The first-order valence-corrected chi connectivity index (χ1v) is 17.1. The number of carbonyl (C=O) groups is 1. The number of aromatic nitrogens is 4. The molecule has 1 amide bonds. The molecule has 2 aliphatic heterocycles. The zero-order valence-corrected chi connectivity index (χ0v) is 27.7. The van der Waals surface area contributed by atoms with Crippen molar-refractivity contribution in [1.29, 1.82) is 0 Å². The number of carbonyl (C=O) groups excluding carboxylic acids is 1. The van der Waals surface area contributed by atoms with Crippen molar-refractivity contribution in [3.8, 4) is 11.5 Å². The fourth-order valence-corrected chi connectivity index (χ4v) is 7.15. The molecule has 0 aliphatic carbocycles. The summed E-state index contributed by atoms with van der Waals surface area (Å²) < 4.78 is 14.1. The molecular weight excluding hydrogens is 664 g/mol. The van der Waals surface area contributed by atoms with Crippen LogP contribution in [-0.4, -0.2) is 62.7 Å². The van der Waals surface area contributed by atoms with Gasteiger partial charge in [-0.25, -0.2) is 9.97 Å². The Morgan fingerprint density at radius 2 is 1.61 bits per heavy atom. The first-order valence-electron chi connectivity index (χ1n) is 15.7. The highest BCUT2D eigenvalue weighted by molar-refractivity contribution is 7.98. The lowest BCUT2D eigenvalue weighted by Gasteiger charge is -2.36. The van der Waals surface area contributed by atoms with Crippen LogP contribution in [0.15, 0.2) is 106 Å². The number of fused-ring (bicyclic) bond motifs is 3. The molecule has 0 bridgehead atoms. The molecule has 3 aromatic carbocycles. The standard InChI is InChI=1S/C36H29ClN6O5S/c37-25-10-11-32-38-26(16-33(44)42(32)20-25)21-49-36-39-29-18-31-30(47-22-48-31)17-28(29)35(46)43(36)19-23-6-8-24(9-7-23)34(45)41-14-12-40(13-15-41)27-4-2-1-3-5-27/h1-11,16-18,20H,12-15,19,21-22H2. The van der Waals surface area contributed by atoms with E-state index < -0.39 is 0 Å². The molecule has 6 aromatic rings. The molecule has 1 saturated heterocycles. The highest BCUT2D eigenvalue weighted by Gasteiger charge is 2.23. The fourth-order valence-electron chi connectivity index (χ4n) is 6.10. The van der Waals surface area contributed by atoms with Crippen LogP contribution in [0.1, 0.15) is 21.6 Å². The molecule has 1 fully saturated rings. The van der Waals surface area contributed by atoms with E-state index in [1.807, 2.05) is 47.4 Å². The number of rotatable bonds is 7. The van der Waals surface area contributed by atoms with Crippen LogP contribution in [0.3, 0.4) is 0 Å². The van der Waals surface area contributed by atoms with Crippen molar-refractivity contribution in [3.63, 3.8) is 0 Å². The lowest BCUT2D eigenvalue weighted by atomic mass is 10.1. The summed E-state index contributed by atoms with van der Waals surface area (Å²) in [7, 11) is 0. The molecule has 0 N–H and O–H groups in total. The van der Waals surface area contributed by atoms with Crippen LogP contribution in [0.4, 0.5) is 5.69 Å². The summed E-state index contributed by atoms with van der Waals surface area (Å²) in [6, 6.07) is 25.8. The molecule has 0 radical (unpaired) electrons. The normalized spacial score (nSPS) is 14.1. The number of amides is 1. The van der Waals surface area contributed by atoms with E-state index in [0.717, 1.165) is 24.3 Å². The Hall–Kier alpha value is -5.33. The zero-order valence-electron chi connectivity index (χ0n) is 26.1. The lowest BCUT2D eigenvalue weighted by molar-refractivity contribution is 0.0746. The summed E-state index contributed by atoms with van der Waals surface area (Å²) in [4.78, 5) is 53.8. The maximum atomic E-state index is 14.0. The van der Waals surface area contributed by atoms with Gasteiger partial charge in [0.15, 0.2) is 16.7 Å². The number of benzene rings is 3. The molecule has 2 aliphatic rings. The Balaban J connectivity index is 1.05. The Kier molecular flexibility index (Phi) is 8.18. The van der Waals surface area contributed by atoms with Crippen LogP contribution < -0.4 is 25.5 Å². The van der Waals surface area contributed by atoms with Crippen molar-refractivity contribution in [2.75, 3.05) is 37.9 Å². The van der Waals surface area contributed by atoms with Gasteiger partial charge in [-0.3, -0.25) is 23.4 Å². The van der Waals surface area contributed by atoms with Gasteiger partial charge < -0.3 is 19.3 Å². The summed E-state index contributed by atoms with van der Waals surface area (Å²) in [6.45, 7) is 3.10. The number of pyridine rings is 1. The van der Waals surface area contributed by atoms with Gasteiger partial charge in [-0.1, -0.05) is 53.7 Å². The Bertz CT molecular complexity index is 2340. The second-order valence-corrected chi connectivity index (χ2v) is 13.1. The van der Waals surface area contributed by atoms with Gasteiger partial charge in [0.05, 0.1) is 28.2 Å². The van der Waals surface area contributed by atoms with Crippen LogP contribution in [-0.2, 0) is 12.3 Å². The van der Waals surface area contributed by atoms with Crippen molar-refractivity contribution in [3.05, 3.63) is 134 Å². The van der Waals surface area contributed by atoms with E-state index in [0.29, 0.717) is 68.3 Å².